The number of likely N-dealkylation sites (tertiary alicyclic amines) is 1. The Bertz CT molecular complexity index is 610. The standard InChI is InChI=1S/C16H24N4O2/c1-16(2,3)20-13(10-4-5-10)8-12(18-20)15(22)19-7-6-11(9-19)14(17)21/h8,10-11H,4-7,9H2,1-3H3,(H2,17,21). The highest BCUT2D eigenvalue weighted by atomic mass is 16.2. The molecular weight excluding hydrogens is 280 g/mol. The molecule has 2 aliphatic rings. The van der Waals surface area contributed by atoms with E-state index in [9.17, 15) is 9.59 Å². The van der Waals surface area contributed by atoms with Crippen LogP contribution < -0.4 is 5.73 Å². The van der Waals surface area contributed by atoms with E-state index in [0.717, 1.165) is 5.69 Å². The van der Waals surface area contributed by atoms with E-state index in [1.54, 1.807) is 4.90 Å². The third-order valence-electron chi connectivity index (χ3n) is 4.46. The normalized spacial score (nSPS) is 22.1. The number of carbonyl (C=O) groups excluding carboxylic acids is 2. The van der Waals surface area contributed by atoms with Crippen LogP contribution in [-0.2, 0) is 10.3 Å². The van der Waals surface area contributed by atoms with Gasteiger partial charge in [0.05, 0.1) is 11.5 Å². The van der Waals surface area contributed by atoms with Crippen LogP contribution in [-0.4, -0.2) is 39.6 Å². The minimum absolute atomic E-state index is 0.0892. The molecule has 1 aromatic rings. The molecule has 1 saturated carbocycles. The van der Waals surface area contributed by atoms with Crippen LogP contribution in [0.1, 0.15) is 62.1 Å². The number of amides is 2. The molecule has 2 fully saturated rings. The van der Waals surface area contributed by atoms with Crippen LogP contribution in [0.25, 0.3) is 0 Å². The molecule has 6 heteroatoms. The molecule has 1 unspecified atom stereocenters. The van der Waals surface area contributed by atoms with E-state index in [4.69, 9.17) is 5.73 Å². The second-order valence-corrected chi connectivity index (χ2v) is 7.45. The predicted octanol–water partition coefficient (Wildman–Crippen LogP) is 1.46. The highest BCUT2D eigenvalue weighted by molar-refractivity contribution is 5.93. The topological polar surface area (TPSA) is 81.2 Å². The summed E-state index contributed by atoms with van der Waals surface area (Å²) in [6, 6.07) is 1.93. The lowest BCUT2D eigenvalue weighted by Gasteiger charge is -2.22. The Balaban J connectivity index is 1.83. The smallest absolute Gasteiger partial charge is 0.274 e. The van der Waals surface area contributed by atoms with Gasteiger partial charge in [0, 0.05) is 24.7 Å². The van der Waals surface area contributed by atoms with Crippen molar-refractivity contribution >= 4 is 11.8 Å². The van der Waals surface area contributed by atoms with E-state index in [-0.39, 0.29) is 23.3 Å². The van der Waals surface area contributed by atoms with Gasteiger partial charge >= 0.3 is 0 Å². The van der Waals surface area contributed by atoms with Gasteiger partial charge in [-0.2, -0.15) is 5.10 Å². The molecule has 22 heavy (non-hydrogen) atoms. The van der Waals surface area contributed by atoms with Crippen molar-refractivity contribution in [3.05, 3.63) is 17.5 Å². The van der Waals surface area contributed by atoms with E-state index in [1.807, 2.05) is 10.7 Å². The molecule has 1 saturated heterocycles. The van der Waals surface area contributed by atoms with Crippen molar-refractivity contribution in [1.29, 1.82) is 0 Å². The zero-order valence-electron chi connectivity index (χ0n) is 13.5. The Kier molecular flexibility index (Phi) is 3.50. The summed E-state index contributed by atoms with van der Waals surface area (Å²) in [5.74, 6) is -0.107. The Morgan fingerprint density at radius 2 is 1.95 bits per heavy atom. The average Bonchev–Trinajstić information content (AvgIpc) is 3.00. The largest absolute Gasteiger partial charge is 0.369 e. The van der Waals surface area contributed by atoms with Crippen molar-refractivity contribution in [2.75, 3.05) is 13.1 Å². The van der Waals surface area contributed by atoms with Gasteiger partial charge in [-0.05, 0) is 46.1 Å². The first kappa shape index (κ1) is 15.1. The lowest BCUT2D eigenvalue weighted by molar-refractivity contribution is -0.121. The van der Waals surface area contributed by atoms with E-state index >= 15 is 0 Å². The van der Waals surface area contributed by atoms with Crippen LogP contribution in [0.2, 0.25) is 0 Å². The number of carbonyl (C=O) groups is 2. The van der Waals surface area contributed by atoms with Gasteiger partial charge in [0.1, 0.15) is 0 Å². The van der Waals surface area contributed by atoms with Gasteiger partial charge in [-0.1, -0.05) is 0 Å². The summed E-state index contributed by atoms with van der Waals surface area (Å²) >= 11 is 0. The number of primary amides is 1. The number of hydrogen-bond donors (Lipinski definition) is 1. The molecule has 1 aliphatic heterocycles. The second-order valence-electron chi connectivity index (χ2n) is 7.45. The number of aromatic nitrogens is 2. The molecule has 6 nitrogen and oxygen atoms in total. The van der Waals surface area contributed by atoms with Gasteiger partial charge in [0.25, 0.3) is 5.91 Å². The monoisotopic (exact) mass is 304 g/mol. The Labute approximate surface area is 130 Å². The van der Waals surface area contributed by atoms with Crippen molar-refractivity contribution < 1.29 is 9.59 Å². The zero-order chi connectivity index (χ0) is 16.1. The van der Waals surface area contributed by atoms with Crippen LogP contribution >= 0.6 is 0 Å². The van der Waals surface area contributed by atoms with E-state index in [0.29, 0.717) is 31.1 Å². The average molecular weight is 304 g/mol. The zero-order valence-corrected chi connectivity index (χ0v) is 13.5. The van der Waals surface area contributed by atoms with E-state index < -0.39 is 0 Å². The van der Waals surface area contributed by atoms with Gasteiger partial charge in [0.2, 0.25) is 5.91 Å². The quantitative estimate of drug-likeness (QED) is 0.918. The minimum atomic E-state index is -0.325. The Morgan fingerprint density at radius 3 is 2.45 bits per heavy atom. The number of hydrogen-bond acceptors (Lipinski definition) is 3. The Morgan fingerprint density at radius 1 is 1.27 bits per heavy atom. The van der Waals surface area contributed by atoms with Gasteiger partial charge < -0.3 is 10.6 Å². The first-order valence-corrected chi connectivity index (χ1v) is 7.96. The fraction of sp³-hybridized carbons (Fsp3) is 0.688. The molecule has 1 aromatic heterocycles. The summed E-state index contributed by atoms with van der Waals surface area (Å²) in [5, 5.41) is 4.57. The molecule has 3 rings (SSSR count). The number of nitrogens with zero attached hydrogens (tertiary/aromatic N) is 3. The third kappa shape index (κ3) is 2.74. The summed E-state index contributed by atoms with van der Waals surface area (Å²) in [6.07, 6.45) is 2.99. The van der Waals surface area contributed by atoms with Crippen molar-refractivity contribution in [2.24, 2.45) is 11.7 Å². The summed E-state index contributed by atoms with van der Waals surface area (Å²) in [5.41, 5.74) is 6.84. The molecule has 2 N–H and O–H groups in total. The van der Waals surface area contributed by atoms with Gasteiger partial charge in [-0.15, -0.1) is 0 Å². The molecule has 0 aromatic carbocycles. The first-order chi connectivity index (χ1) is 10.3. The highest BCUT2D eigenvalue weighted by Gasteiger charge is 2.35. The van der Waals surface area contributed by atoms with Crippen LogP contribution in [0, 0.1) is 5.92 Å². The van der Waals surface area contributed by atoms with Crippen molar-refractivity contribution in [1.82, 2.24) is 14.7 Å². The summed E-state index contributed by atoms with van der Waals surface area (Å²) in [7, 11) is 0. The maximum absolute atomic E-state index is 12.6. The molecule has 2 amide bonds. The number of rotatable bonds is 3. The lowest BCUT2D eigenvalue weighted by atomic mass is 10.1. The van der Waals surface area contributed by atoms with E-state index in [1.165, 1.54) is 12.8 Å². The molecule has 120 valence electrons. The summed E-state index contributed by atoms with van der Waals surface area (Å²) < 4.78 is 1.99. The molecule has 1 aliphatic carbocycles. The summed E-state index contributed by atoms with van der Waals surface area (Å²) in [6.45, 7) is 7.28. The molecule has 0 bridgehead atoms. The summed E-state index contributed by atoms with van der Waals surface area (Å²) in [4.78, 5) is 25.6. The van der Waals surface area contributed by atoms with Gasteiger partial charge in [0.15, 0.2) is 5.69 Å². The predicted molar refractivity (Wildman–Crippen MR) is 82.4 cm³/mol. The van der Waals surface area contributed by atoms with E-state index in [2.05, 4.69) is 25.9 Å². The molecule has 0 spiro atoms. The number of nitrogens with two attached hydrogens (primary N) is 1. The van der Waals surface area contributed by atoms with Crippen molar-refractivity contribution in [3.63, 3.8) is 0 Å². The van der Waals surface area contributed by atoms with Crippen molar-refractivity contribution in [3.8, 4) is 0 Å². The maximum Gasteiger partial charge on any atom is 0.274 e. The van der Waals surface area contributed by atoms with Crippen LogP contribution in [0.4, 0.5) is 0 Å². The van der Waals surface area contributed by atoms with Gasteiger partial charge in [-0.3, -0.25) is 14.3 Å². The van der Waals surface area contributed by atoms with Gasteiger partial charge in [-0.25, -0.2) is 0 Å². The SMILES string of the molecule is CC(C)(C)n1nc(C(=O)N2CCC(C(N)=O)C2)cc1C1CC1. The second kappa shape index (κ2) is 5.11. The molecule has 1 atom stereocenters. The molecule has 2 heterocycles. The lowest BCUT2D eigenvalue weighted by Crippen LogP contribution is -2.32. The maximum atomic E-state index is 12.6. The van der Waals surface area contributed by atoms with Crippen LogP contribution in [0.15, 0.2) is 6.07 Å². The molecule has 0 radical (unpaired) electrons. The van der Waals surface area contributed by atoms with Crippen LogP contribution in [0.5, 0.6) is 0 Å². The molecular formula is C16H24N4O2. The highest BCUT2D eigenvalue weighted by Crippen LogP contribution is 2.41. The van der Waals surface area contributed by atoms with Crippen LogP contribution in [0.3, 0.4) is 0 Å². The minimum Gasteiger partial charge on any atom is -0.369 e. The fourth-order valence-electron chi connectivity index (χ4n) is 3.05. The van der Waals surface area contributed by atoms with Crippen molar-refractivity contribution in [2.45, 2.75) is 51.5 Å². The Hall–Kier alpha value is -1.85. The first-order valence-electron chi connectivity index (χ1n) is 7.96. The fourth-order valence-corrected chi connectivity index (χ4v) is 3.05. The third-order valence-corrected chi connectivity index (χ3v) is 4.46.